The number of rotatable bonds is 14. The molecule has 1 aliphatic heterocycles. The topological polar surface area (TPSA) is 66.8 Å². The van der Waals surface area contributed by atoms with Crippen molar-refractivity contribution in [1.29, 1.82) is 0 Å². The van der Waals surface area contributed by atoms with Crippen LogP contribution in [0.1, 0.15) is 84.0 Å². The van der Waals surface area contributed by atoms with Crippen molar-refractivity contribution in [3.63, 3.8) is 0 Å². The predicted octanol–water partition coefficient (Wildman–Crippen LogP) is 4.39. The molecule has 0 spiro atoms. The van der Waals surface area contributed by atoms with E-state index in [1.807, 2.05) is 0 Å². The summed E-state index contributed by atoms with van der Waals surface area (Å²) < 4.78 is 6.01. The molecule has 2 N–H and O–H groups in total. The minimum atomic E-state index is -0.675. The van der Waals surface area contributed by atoms with E-state index in [2.05, 4.69) is 6.92 Å². The lowest BCUT2D eigenvalue weighted by Crippen LogP contribution is -2.40. The first-order valence-electron chi connectivity index (χ1n) is 10.7. The average Bonchev–Trinajstić information content (AvgIpc) is 3.06. The zero-order valence-electron chi connectivity index (χ0n) is 15.7. The van der Waals surface area contributed by atoms with Crippen LogP contribution in [0.2, 0.25) is 0 Å². The van der Waals surface area contributed by atoms with Gasteiger partial charge in [-0.15, -0.1) is 0 Å². The molecule has 3 fully saturated rings. The summed E-state index contributed by atoms with van der Waals surface area (Å²) in [5.41, 5.74) is 0. The van der Waals surface area contributed by atoms with Crippen molar-refractivity contribution < 1.29 is 19.7 Å². The molecule has 4 heteroatoms. The molecule has 0 aromatic heterocycles. The van der Waals surface area contributed by atoms with E-state index in [4.69, 9.17) is 9.84 Å². The third kappa shape index (κ3) is 4.57. The molecule has 0 bridgehead atoms. The molecule has 7 atom stereocenters. The van der Waals surface area contributed by atoms with Crippen molar-refractivity contribution in [3.8, 4) is 0 Å². The summed E-state index contributed by atoms with van der Waals surface area (Å²) in [5, 5.41) is 18.9. The van der Waals surface area contributed by atoms with Gasteiger partial charge in [-0.2, -0.15) is 0 Å². The van der Waals surface area contributed by atoms with Crippen LogP contribution in [-0.2, 0) is 9.53 Å². The van der Waals surface area contributed by atoms with Gasteiger partial charge in [-0.1, -0.05) is 45.4 Å². The molecule has 3 aliphatic rings. The summed E-state index contributed by atoms with van der Waals surface area (Å²) in [6, 6.07) is 0. The number of fused-ring (bicyclic) bond motifs is 1. The molecule has 3 rings (SSSR count). The number of aliphatic hydroxyl groups is 1. The van der Waals surface area contributed by atoms with Crippen LogP contribution in [0.3, 0.4) is 0 Å². The van der Waals surface area contributed by atoms with Gasteiger partial charge in [0.1, 0.15) is 0 Å². The molecule has 25 heavy (non-hydrogen) atoms. The molecule has 0 amide bonds. The first-order valence-corrected chi connectivity index (χ1v) is 10.7. The number of unbranched alkanes of at least 4 members (excludes halogenated alkanes) is 5. The smallest absolute Gasteiger partial charge is 0.303 e. The monoisotopic (exact) mass is 352 g/mol. The van der Waals surface area contributed by atoms with Crippen LogP contribution >= 0.6 is 0 Å². The molecular weight excluding hydrogens is 316 g/mol. The SMILES string of the molecule is CCCCC[C@H](O)CC[C@@H]1[C@@H](CCCCCCC(=O)O)[C@H]2[C@H]3O[C@@H]1[C@H]32. The van der Waals surface area contributed by atoms with Crippen LogP contribution in [0.4, 0.5) is 0 Å². The van der Waals surface area contributed by atoms with Crippen molar-refractivity contribution in [2.45, 2.75) is 102 Å². The Hall–Kier alpha value is -0.610. The summed E-state index contributed by atoms with van der Waals surface area (Å²) in [4.78, 5) is 10.5. The van der Waals surface area contributed by atoms with Crippen LogP contribution in [0, 0.1) is 23.7 Å². The lowest BCUT2D eigenvalue weighted by Gasteiger charge is -2.38. The second-order valence-electron chi connectivity index (χ2n) is 8.62. The molecule has 0 unspecified atom stereocenters. The van der Waals surface area contributed by atoms with Crippen molar-refractivity contribution in [2.24, 2.45) is 23.7 Å². The Kier molecular flexibility index (Phi) is 6.79. The molecule has 144 valence electrons. The van der Waals surface area contributed by atoms with Gasteiger partial charge in [0.05, 0.1) is 18.3 Å². The summed E-state index contributed by atoms with van der Waals surface area (Å²) in [6.07, 6.45) is 13.4. The Morgan fingerprint density at radius 3 is 2.48 bits per heavy atom. The van der Waals surface area contributed by atoms with Crippen LogP contribution in [0.5, 0.6) is 0 Å². The molecular formula is C21H36O4. The summed E-state index contributed by atoms with van der Waals surface area (Å²) in [6.45, 7) is 2.20. The van der Waals surface area contributed by atoms with E-state index in [0.717, 1.165) is 62.7 Å². The molecule has 4 nitrogen and oxygen atoms in total. The molecule has 0 aromatic rings. The molecule has 2 saturated carbocycles. The zero-order valence-corrected chi connectivity index (χ0v) is 15.7. The number of carbonyl (C=O) groups is 1. The van der Waals surface area contributed by atoms with E-state index < -0.39 is 5.97 Å². The first kappa shape index (κ1) is 19.2. The number of aliphatic carboxylic acids is 1. The Balaban J connectivity index is 1.34. The Morgan fingerprint density at radius 1 is 0.920 bits per heavy atom. The Bertz CT molecular complexity index is 438. The Labute approximate surface area is 152 Å². The third-order valence-electron chi connectivity index (χ3n) is 6.87. The molecule has 1 heterocycles. The molecule has 0 radical (unpaired) electrons. The number of carboxylic acid groups (broad SMARTS) is 1. The third-order valence-corrected chi connectivity index (χ3v) is 6.87. The van der Waals surface area contributed by atoms with Gasteiger partial charge in [0.25, 0.3) is 0 Å². The maximum absolute atomic E-state index is 10.5. The van der Waals surface area contributed by atoms with Gasteiger partial charge in [0.2, 0.25) is 0 Å². The lowest BCUT2D eigenvalue weighted by atomic mass is 9.79. The standard InChI is InChI=1S/C21H36O4/c1-2-3-6-9-14(22)12-13-16-15(18-19-20(16)25-21(18)19)10-7-4-5-8-11-17(23)24/h14-16,18-22H,2-13H2,1H3,(H,23,24)/t14-,15+,16+,18+,19+,20-,21+/m0/s1. The van der Waals surface area contributed by atoms with Crippen molar-refractivity contribution in [1.82, 2.24) is 0 Å². The summed E-state index contributed by atoms with van der Waals surface area (Å²) >= 11 is 0. The summed E-state index contributed by atoms with van der Waals surface area (Å²) in [5.74, 6) is 2.45. The van der Waals surface area contributed by atoms with E-state index >= 15 is 0 Å². The fourth-order valence-electron chi connectivity index (χ4n) is 5.50. The molecule has 1 saturated heterocycles. The maximum Gasteiger partial charge on any atom is 0.303 e. The van der Waals surface area contributed by atoms with Gasteiger partial charge in [0, 0.05) is 12.3 Å². The minimum Gasteiger partial charge on any atom is -0.481 e. The van der Waals surface area contributed by atoms with Crippen LogP contribution in [-0.4, -0.2) is 34.5 Å². The number of hydrogen-bond acceptors (Lipinski definition) is 3. The molecule has 2 aliphatic carbocycles. The van der Waals surface area contributed by atoms with E-state index in [9.17, 15) is 9.90 Å². The van der Waals surface area contributed by atoms with Crippen LogP contribution in [0.25, 0.3) is 0 Å². The van der Waals surface area contributed by atoms with E-state index in [1.54, 1.807) is 0 Å². The highest BCUT2D eigenvalue weighted by Gasteiger charge is 2.75. The largest absolute Gasteiger partial charge is 0.481 e. The van der Waals surface area contributed by atoms with E-state index in [-0.39, 0.29) is 6.10 Å². The second kappa shape index (κ2) is 8.85. The number of ether oxygens (including phenoxy) is 1. The number of carboxylic acids is 1. The van der Waals surface area contributed by atoms with Crippen molar-refractivity contribution >= 4 is 5.97 Å². The van der Waals surface area contributed by atoms with Crippen molar-refractivity contribution in [2.75, 3.05) is 0 Å². The maximum atomic E-state index is 10.5. The van der Waals surface area contributed by atoms with Gasteiger partial charge >= 0.3 is 5.97 Å². The van der Waals surface area contributed by atoms with Crippen molar-refractivity contribution in [3.05, 3.63) is 0 Å². The van der Waals surface area contributed by atoms with Gasteiger partial charge in [-0.25, -0.2) is 0 Å². The lowest BCUT2D eigenvalue weighted by molar-refractivity contribution is -0.137. The highest BCUT2D eigenvalue weighted by atomic mass is 16.5. The minimum absolute atomic E-state index is 0.129. The summed E-state index contributed by atoms with van der Waals surface area (Å²) in [7, 11) is 0. The molecule has 0 aromatic carbocycles. The first-order chi connectivity index (χ1) is 12.1. The zero-order chi connectivity index (χ0) is 17.8. The van der Waals surface area contributed by atoms with Gasteiger partial charge in [-0.05, 0) is 49.9 Å². The fourth-order valence-corrected chi connectivity index (χ4v) is 5.50. The van der Waals surface area contributed by atoms with E-state index in [0.29, 0.717) is 24.5 Å². The highest BCUT2D eigenvalue weighted by Crippen LogP contribution is 2.70. The number of hydrogen-bond donors (Lipinski definition) is 2. The second-order valence-corrected chi connectivity index (χ2v) is 8.62. The van der Waals surface area contributed by atoms with Crippen LogP contribution in [0.15, 0.2) is 0 Å². The average molecular weight is 353 g/mol. The highest BCUT2D eigenvalue weighted by molar-refractivity contribution is 5.66. The number of aliphatic hydroxyl groups excluding tert-OH is 1. The van der Waals surface area contributed by atoms with Gasteiger partial charge in [-0.3, -0.25) is 4.79 Å². The van der Waals surface area contributed by atoms with Crippen LogP contribution < -0.4 is 0 Å². The quantitative estimate of drug-likeness (QED) is 0.455. The van der Waals surface area contributed by atoms with E-state index in [1.165, 1.54) is 25.7 Å². The normalized spacial score (nSPS) is 35.9. The Morgan fingerprint density at radius 2 is 1.72 bits per heavy atom. The predicted molar refractivity (Wildman–Crippen MR) is 97.3 cm³/mol. The fraction of sp³-hybridized carbons (Fsp3) is 0.952. The van der Waals surface area contributed by atoms with Gasteiger partial charge in [0.15, 0.2) is 0 Å². The van der Waals surface area contributed by atoms with Gasteiger partial charge < -0.3 is 14.9 Å².